The first-order chi connectivity index (χ1) is 12.5. The van der Waals surface area contributed by atoms with Gasteiger partial charge in [-0.15, -0.1) is 10.2 Å². The molecule has 3 rings (SSSR count). The van der Waals surface area contributed by atoms with Crippen molar-refractivity contribution in [2.45, 2.75) is 10.9 Å². The molecular weight excluding hydrogens is 417 g/mol. The second-order valence-corrected chi connectivity index (χ2v) is 7.31. The van der Waals surface area contributed by atoms with Crippen molar-refractivity contribution in [3.05, 3.63) is 73.4 Å². The van der Waals surface area contributed by atoms with Gasteiger partial charge in [-0.3, -0.25) is 4.79 Å². The van der Waals surface area contributed by atoms with Gasteiger partial charge in [0.25, 0.3) is 0 Å². The molecule has 0 amide bonds. The predicted octanol–water partition coefficient (Wildman–Crippen LogP) is 4.35. The molecule has 26 heavy (non-hydrogen) atoms. The Morgan fingerprint density at radius 2 is 1.81 bits per heavy atom. The molecule has 0 saturated carbocycles. The second-order valence-electron chi connectivity index (χ2n) is 5.15. The smallest absolute Gasteiger partial charge is 0.315 e. The summed E-state index contributed by atoms with van der Waals surface area (Å²) in [6.07, 6.45) is 0. The van der Waals surface area contributed by atoms with Crippen LogP contribution in [0.5, 0.6) is 0 Å². The number of aromatic nitrogens is 3. The van der Waals surface area contributed by atoms with E-state index in [9.17, 15) is 4.79 Å². The third kappa shape index (κ3) is 4.24. The van der Waals surface area contributed by atoms with Gasteiger partial charge in [-0.1, -0.05) is 64.8 Å². The maximum Gasteiger partial charge on any atom is 0.315 e. The molecule has 0 saturated heterocycles. The quantitative estimate of drug-likeness (QED) is 0.464. The Labute approximate surface area is 168 Å². The van der Waals surface area contributed by atoms with Gasteiger partial charge in [0, 0.05) is 10.8 Å². The highest BCUT2D eigenvalue weighted by Gasteiger charge is 2.13. The summed E-state index contributed by atoms with van der Waals surface area (Å²) in [5.41, 5.74) is 0.920. The van der Waals surface area contributed by atoms with E-state index in [1.165, 1.54) is 11.8 Å². The van der Waals surface area contributed by atoms with Gasteiger partial charge < -0.3 is 11.2 Å². The lowest BCUT2D eigenvalue weighted by Gasteiger charge is -2.10. The highest BCUT2D eigenvalue weighted by atomic mass is 35.5. The van der Waals surface area contributed by atoms with Crippen LogP contribution in [0.2, 0.25) is 15.1 Å². The largest absolute Gasteiger partial charge is 0.334 e. The van der Waals surface area contributed by atoms with E-state index in [-0.39, 0.29) is 16.0 Å². The minimum Gasteiger partial charge on any atom is -0.334 e. The van der Waals surface area contributed by atoms with Crippen LogP contribution in [0.1, 0.15) is 5.56 Å². The SMILES string of the molecule is Nn1c(SCc2ccc(Cl)cc2)nnc(Nc2cccc(Cl)c2Cl)c1=O. The lowest BCUT2D eigenvalue weighted by molar-refractivity contribution is 0.705. The van der Waals surface area contributed by atoms with Crippen LogP contribution in [-0.2, 0) is 5.75 Å². The average Bonchev–Trinajstić information content (AvgIpc) is 2.63. The molecule has 10 heteroatoms. The van der Waals surface area contributed by atoms with Crippen molar-refractivity contribution in [3.63, 3.8) is 0 Å². The number of benzene rings is 2. The molecule has 1 aromatic heterocycles. The third-order valence-corrected chi connectivity index (χ3v) is 5.43. The van der Waals surface area contributed by atoms with E-state index in [4.69, 9.17) is 40.6 Å². The molecule has 0 aliphatic rings. The van der Waals surface area contributed by atoms with E-state index < -0.39 is 5.56 Å². The number of nitrogen functional groups attached to an aromatic ring is 1. The van der Waals surface area contributed by atoms with Gasteiger partial charge in [0.1, 0.15) is 0 Å². The van der Waals surface area contributed by atoms with Crippen LogP contribution in [0.3, 0.4) is 0 Å². The molecule has 0 spiro atoms. The Kier molecular flexibility index (Phi) is 5.93. The Hall–Kier alpha value is -1.93. The van der Waals surface area contributed by atoms with Gasteiger partial charge in [0.2, 0.25) is 11.0 Å². The lowest BCUT2D eigenvalue weighted by atomic mass is 10.2. The predicted molar refractivity (Wildman–Crippen MR) is 107 cm³/mol. The van der Waals surface area contributed by atoms with Crippen LogP contribution in [-0.4, -0.2) is 14.9 Å². The Morgan fingerprint density at radius 1 is 1.08 bits per heavy atom. The zero-order valence-electron chi connectivity index (χ0n) is 13.1. The number of nitrogens with one attached hydrogen (secondary N) is 1. The number of anilines is 2. The highest BCUT2D eigenvalue weighted by Crippen LogP contribution is 2.30. The van der Waals surface area contributed by atoms with Crippen molar-refractivity contribution >= 4 is 58.1 Å². The van der Waals surface area contributed by atoms with Crippen molar-refractivity contribution in [2.75, 3.05) is 11.2 Å². The van der Waals surface area contributed by atoms with E-state index in [2.05, 4.69) is 15.5 Å². The van der Waals surface area contributed by atoms with Crippen LogP contribution in [0.15, 0.2) is 52.4 Å². The number of thioether (sulfide) groups is 1. The summed E-state index contributed by atoms with van der Waals surface area (Å²) in [6.45, 7) is 0. The van der Waals surface area contributed by atoms with Crippen molar-refractivity contribution < 1.29 is 0 Å². The van der Waals surface area contributed by atoms with Gasteiger partial charge in [-0.05, 0) is 29.8 Å². The summed E-state index contributed by atoms with van der Waals surface area (Å²) in [4.78, 5) is 12.4. The molecule has 3 N–H and O–H groups in total. The molecule has 0 atom stereocenters. The Bertz CT molecular complexity index is 994. The van der Waals surface area contributed by atoms with Crippen molar-refractivity contribution in [3.8, 4) is 0 Å². The van der Waals surface area contributed by atoms with Gasteiger partial charge in [0.15, 0.2) is 0 Å². The molecule has 0 unspecified atom stereocenters. The average molecular weight is 429 g/mol. The molecule has 0 bridgehead atoms. The number of hydrogen-bond donors (Lipinski definition) is 2. The Balaban J connectivity index is 1.79. The van der Waals surface area contributed by atoms with Crippen LogP contribution < -0.4 is 16.7 Å². The first kappa shape index (κ1) is 18.8. The fourth-order valence-electron chi connectivity index (χ4n) is 2.02. The molecule has 0 fully saturated rings. The molecule has 134 valence electrons. The van der Waals surface area contributed by atoms with Crippen LogP contribution in [0.4, 0.5) is 11.5 Å². The number of rotatable bonds is 5. The summed E-state index contributed by atoms with van der Waals surface area (Å²) in [6, 6.07) is 12.4. The van der Waals surface area contributed by atoms with Crippen LogP contribution >= 0.6 is 46.6 Å². The highest BCUT2D eigenvalue weighted by molar-refractivity contribution is 7.98. The molecule has 2 aromatic carbocycles. The fraction of sp³-hybridized carbons (Fsp3) is 0.0625. The van der Waals surface area contributed by atoms with Gasteiger partial charge >= 0.3 is 5.56 Å². The molecule has 1 heterocycles. The minimum absolute atomic E-state index is 0.0486. The second kappa shape index (κ2) is 8.18. The molecule has 0 aliphatic carbocycles. The Morgan fingerprint density at radius 3 is 2.54 bits per heavy atom. The number of nitrogens with two attached hydrogens (primary N) is 1. The zero-order chi connectivity index (χ0) is 18.7. The first-order valence-electron chi connectivity index (χ1n) is 7.29. The molecule has 6 nitrogen and oxygen atoms in total. The van der Waals surface area contributed by atoms with Crippen LogP contribution in [0, 0.1) is 0 Å². The van der Waals surface area contributed by atoms with Crippen molar-refractivity contribution in [2.24, 2.45) is 0 Å². The maximum atomic E-state index is 12.4. The fourth-order valence-corrected chi connectivity index (χ4v) is 3.30. The topological polar surface area (TPSA) is 85.8 Å². The first-order valence-corrected chi connectivity index (χ1v) is 9.40. The number of nitrogens with zero attached hydrogens (tertiary/aromatic N) is 3. The molecule has 0 aliphatic heterocycles. The molecule has 3 aromatic rings. The van der Waals surface area contributed by atoms with Gasteiger partial charge in [-0.25, -0.2) is 0 Å². The van der Waals surface area contributed by atoms with E-state index in [0.29, 0.717) is 21.5 Å². The zero-order valence-corrected chi connectivity index (χ0v) is 16.2. The monoisotopic (exact) mass is 427 g/mol. The van der Waals surface area contributed by atoms with E-state index in [1.54, 1.807) is 30.3 Å². The normalized spacial score (nSPS) is 10.7. The standard InChI is InChI=1S/C16H12Cl3N5OS/c17-10-6-4-9(5-7-10)8-26-16-23-22-14(15(25)24(16)20)21-12-3-1-2-11(18)13(12)19/h1-7H,8,20H2,(H,21,22). The van der Waals surface area contributed by atoms with Gasteiger partial charge in [0.05, 0.1) is 15.7 Å². The third-order valence-electron chi connectivity index (χ3n) is 3.35. The van der Waals surface area contributed by atoms with Gasteiger partial charge in [-0.2, -0.15) is 4.68 Å². The van der Waals surface area contributed by atoms with E-state index in [1.807, 2.05) is 12.1 Å². The van der Waals surface area contributed by atoms with Crippen LogP contribution in [0.25, 0.3) is 0 Å². The maximum absolute atomic E-state index is 12.4. The molecule has 0 radical (unpaired) electrons. The minimum atomic E-state index is -0.533. The number of hydrogen-bond acceptors (Lipinski definition) is 6. The summed E-state index contributed by atoms with van der Waals surface area (Å²) in [7, 11) is 0. The summed E-state index contributed by atoms with van der Waals surface area (Å²) < 4.78 is 0.939. The van der Waals surface area contributed by atoms with E-state index >= 15 is 0 Å². The summed E-state index contributed by atoms with van der Waals surface area (Å²) in [5, 5.41) is 12.3. The van der Waals surface area contributed by atoms with E-state index in [0.717, 1.165) is 10.2 Å². The lowest BCUT2D eigenvalue weighted by Crippen LogP contribution is -2.32. The molecular formula is C16H12Cl3N5OS. The summed E-state index contributed by atoms with van der Waals surface area (Å²) >= 11 is 19.2. The summed E-state index contributed by atoms with van der Waals surface area (Å²) in [5.74, 6) is 6.37. The van der Waals surface area contributed by atoms with Crippen molar-refractivity contribution in [1.82, 2.24) is 14.9 Å². The van der Waals surface area contributed by atoms with Crippen molar-refractivity contribution in [1.29, 1.82) is 0 Å². The number of halogens is 3.